The number of amides is 2. The van der Waals surface area contributed by atoms with Crippen LogP contribution in [0.2, 0.25) is 0 Å². The number of carboxylic acid groups (broad SMARTS) is 1. The second-order valence-corrected chi connectivity index (χ2v) is 3.90. The van der Waals surface area contributed by atoms with E-state index in [9.17, 15) is 9.59 Å². The summed E-state index contributed by atoms with van der Waals surface area (Å²) in [5.74, 6) is -0.953. The molecule has 1 unspecified atom stereocenters. The summed E-state index contributed by atoms with van der Waals surface area (Å²) in [4.78, 5) is 21.7. The smallest absolute Gasteiger partial charge is 0.315 e. The molecule has 0 saturated carbocycles. The first-order valence-electron chi connectivity index (χ1n) is 5.32. The summed E-state index contributed by atoms with van der Waals surface area (Å²) >= 11 is 0. The molecule has 6 nitrogen and oxygen atoms in total. The van der Waals surface area contributed by atoms with Gasteiger partial charge in [-0.15, -0.1) is 0 Å². The first-order chi connectivity index (χ1) is 8.08. The lowest BCUT2D eigenvalue weighted by atomic mass is 10.1. The van der Waals surface area contributed by atoms with E-state index in [1.54, 1.807) is 19.3 Å². The Morgan fingerprint density at radius 3 is 2.82 bits per heavy atom. The number of urea groups is 1. The Labute approximate surface area is 99.0 Å². The zero-order chi connectivity index (χ0) is 12.7. The van der Waals surface area contributed by atoms with Crippen molar-refractivity contribution in [3.8, 4) is 0 Å². The lowest BCUT2D eigenvalue weighted by Crippen LogP contribution is -2.37. The van der Waals surface area contributed by atoms with Crippen molar-refractivity contribution in [3.63, 3.8) is 0 Å². The summed E-state index contributed by atoms with van der Waals surface area (Å²) in [5, 5.41) is 13.8. The quantitative estimate of drug-likeness (QED) is 0.696. The van der Waals surface area contributed by atoms with Gasteiger partial charge in [-0.3, -0.25) is 4.79 Å². The van der Waals surface area contributed by atoms with E-state index in [-0.39, 0.29) is 18.4 Å². The van der Waals surface area contributed by atoms with E-state index < -0.39 is 5.97 Å². The highest BCUT2D eigenvalue weighted by Gasteiger charge is 2.09. The van der Waals surface area contributed by atoms with Crippen LogP contribution in [-0.2, 0) is 11.3 Å². The molecular formula is C11H16N2O4. The Hall–Kier alpha value is -1.98. The van der Waals surface area contributed by atoms with Crippen LogP contribution in [0.5, 0.6) is 0 Å². The topological polar surface area (TPSA) is 91.6 Å². The molecule has 1 aromatic rings. The van der Waals surface area contributed by atoms with Crippen molar-refractivity contribution in [1.82, 2.24) is 10.6 Å². The van der Waals surface area contributed by atoms with Gasteiger partial charge >= 0.3 is 12.0 Å². The number of aliphatic carboxylic acids is 1. The fourth-order valence-corrected chi connectivity index (χ4v) is 1.28. The van der Waals surface area contributed by atoms with Gasteiger partial charge in [0, 0.05) is 25.1 Å². The lowest BCUT2D eigenvalue weighted by Gasteiger charge is -2.10. The molecule has 1 heterocycles. The van der Waals surface area contributed by atoms with Crippen LogP contribution in [0.25, 0.3) is 0 Å². The van der Waals surface area contributed by atoms with E-state index in [4.69, 9.17) is 9.52 Å². The molecule has 0 saturated heterocycles. The van der Waals surface area contributed by atoms with E-state index >= 15 is 0 Å². The van der Waals surface area contributed by atoms with Gasteiger partial charge in [-0.25, -0.2) is 4.79 Å². The molecule has 0 radical (unpaired) electrons. The molecule has 94 valence electrons. The van der Waals surface area contributed by atoms with Gasteiger partial charge in [-0.1, -0.05) is 6.92 Å². The second kappa shape index (κ2) is 6.57. The molecule has 1 rings (SSSR count). The molecule has 17 heavy (non-hydrogen) atoms. The third-order valence-electron chi connectivity index (χ3n) is 2.17. The molecule has 3 N–H and O–H groups in total. The maximum atomic E-state index is 11.3. The molecule has 0 aliphatic heterocycles. The fourth-order valence-electron chi connectivity index (χ4n) is 1.28. The molecule has 2 amide bonds. The molecular weight excluding hydrogens is 224 g/mol. The Morgan fingerprint density at radius 1 is 1.47 bits per heavy atom. The van der Waals surface area contributed by atoms with Crippen LogP contribution < -0.4 is 10.6 Å². The van der Waals surface area contributed by atoms with Crippen molar-refractivity contribution in [3.05, 3.63) is 24.2 Å². The number of carbonyl (C=O) groups is 2. The SMILES string of the molecule is CC(CNC(=O)NCc1ccoc1)CC(=O)O. The molecule has 1 aromatic heterocycles. The predicted molar refractivity (Wildman–Crippen MR) is 60.4 cm³/mol. The van der Waals surface area contributed by atoms with Crippen LogP contribution in [0.4, 0.5) is 4.79 Å². The third kappa shape index (κ3) is 5.60. The van der Waals surface area contributed by atoms with Gasteiger partial charge in [0.1, 0.15) is 0 Å². The predicted octanol–water partition coefficient (Wildman–Crippen LogP) is 1.19. The van der Waals surface area contributed by atoms with Gasteiger partial charge < -0.3 is 20.2 Å². The van der Waals surface area contributed by atoms with Gasteiger partial charge in [0.05, 0.1) is 12.5 Å². The van der Waals surface area contributed by atoms with Gasteiger partial charge in [0.15, 0.2) is 0 Å². The molecule has 1 atom stereocenters. The van der Waals surface area contributed by atoms with Crippen LogP contribution in [0.15, 0.2) is 23.0 Å². The Bertz CT molecular complexity index is 362. The second-order valence-electron chi connectivity index (χ2n) is 3.90. The number of nitrogens with one attached hydrogen (secondary N) is 2. The van der Waals surface area contributed by atoms with Crippen molar-refractivity contribution in [2.45, 2.75) is 19.9 Å². The van der Waals surface area contributed by atoms with Crippen LogP contribution in [-0.4, -0.2) is 23.7 Å². The number of furan rings is 1. The van der Waals surface area contributed by atoms with Crippen LogP contribution in [0, 0.1) is 5.92 Å². The van der Waals surface area contributed by atoms with E-state index in [0.717, 1.165) is 5.56 Å². The zero-order valence-electron chi connectivity index (χ0n) is 9.60. The first-order valence-corrected chi connectivity index (χ1v) is 5.32. The minimum Gasteiger partial charge on any atom is -0.481 e. The average Bonchev–Trinajstić information content (AvgIpc) is 2.75. The summed E-state index contributed by atoms with van der Waals surface area (Å²) in [6.07, 6.45) is 3.12. The van der Waals surface area contributed by atoms with E-state index in [2.05, 4.69) is 10.6 Å². The Kier molecular flexibility index (Phi) is 5.06. The maximum absolute atomic E-state index is 11.3. The summed E-state index contributed by atoms with van der Waals surface area (Å²) in [6, 6.07) is 1.44. The van der Waals surface area contributed by atoms with Crippen molar-refractivity contribution >= 4 is 12.0 Å². The molecule has 6 heteroatoms. The average molecular weight is 240 g/mol. The molecule has 0 spiro atoms. The molecule has 0 aliphatic rings. The minimum atomic E-state index is -0.863. The molecule has 0 bridgehead atoms. The Morgan fingerprint density at radius 2 is 2.24 bits per heavy atom. The number of hydrogen-bond acceptors (Lipinski definition) is 3. The summed E-state index contributed by atoms with van der Waals surface area (Å²) in [7, 11) is 0. The van der Waals surface area contributed by atoms with E-state index in [1.807, 2.05) is 0 Å². The van der Waals surface area contributed by atoms with Crippen molar-refractivity contribution in [1.29, 1.82) is 0 Å². The van der Waals surface area contributed by atoms with E-state index in [1.165, 1.54) is 6.26 Å². The standard InChI is InChI=1S/C11H16N2O4/c1-8(4-10(14)15)5-12-11(16)13-6-9-2-3-17-7-9/h2-3,7-8H,4-6H2,1H3,(H,14,15)(H2,12,13,16). The molecule has 0 aliphatic carbocycles. The highest BCUT2D eigenvalue weighted by Crippen LogP contribution is 2.00. The van der Waals surface area contributed by atoms with Crippen LogP contribution in [0.1, 0.15) is 18.9 Å². The number of rotatable bonds is 6. The fraction of sp³-hybridized carbons (Fsp3) is 0.455. The van der Waals surface area contributed by atoms with Crippen LogP contribution in [0.3, 0.4) is 0 Å². The highest BCUT2D eigenvalue weighted by molar-refractivity contribution is 5.74. The first kappa shape index (κ1) is 13.1. The zero-order valence-corrected chi connectivity index (χ0v) is 9.60. The van der Waals surface area contributed by atoms with Crippen LogP contribution >= 0.6 is 0 Å². The number of carbonyl (C=O) groups excluding carboxylic acids is 1. The van der Waals surface area contributed by atoms with Crippen molar-refractivity contribution in [2.24, 2.45) is 5.92 Å². The monoisotopic (exact) mass is 240 g/mol. The summed E-state index contributed by atoms with van der Waals surface area (Å²) < 4.78 is 4.85. The van der Waals surface area contributed by atoms with Crippen molar-refractivity contribution in [2.75, 3.05) is 6.54 Å². The van der Waals surface area contributed by atoms with Gasteiger partial charge in [-0.05, 0) is 12.0 Å². The van der Waals surface area contributed by atoms with E-state index in [0.29, 0.717) is 13.1 Å². The molecule has 0 aromatic carbocycles. The van der Waals surface area contributed by atoms with Gasteiger partial charge in [-0.2, -0.15) is 0 Å². The van der Waals surface area contributed by atoms with Gasteiger partial charge in [0.25, 0.3) is 0 Å². The minimum absolute atomic E-state index is 0.0437. The van der Waals surface area contributed by atoms with Gasteiger partial charge in [0.2, 0.25) is 0 Å². The van der Waals surface area contributed by atoms with Crippen molar-refractivity contribution < 1.29 is 19.1 Å². The normalized spacial score (nSPS) is 11.8. The third-order valence-corrected chi connectivity index (χ3v) is 2.17. The largest absolute Gasteiger partial charge is 0.481 e. The number of carboxylic acids is 1. The lowest BCUT2D eigenvalue weighted by molar-refractivity contribution is -0.137. The highest BCUT2D eigenvalue weighted by atomic mass is 16.4. The molecule has 0 fully saturated rings. The number of hydrogen-bond donors (Lipinski definition) is 3. The summed E-state index contributed by atoms with van der Waals surface area (Å²) in [5.41, 5.74) is 0.874. The maximum Gasteiger partial charge on any atom is 0.315 e. The summed E-state index contributed by atoms with van der Waals surface area (Å²) in [6.45, 7) is 2.49. The Balaban J connectivity index is 2.15.